The van der Waals surface area contributed by atoms with E-state index < -0.39 is 0 Å². The predicted molar refractivity (Wildman–Crippen MR) is 122 cm³/mol. The lowest BCUT2D eigenvalue weighted by Gasteiger charge is -2.26. The number of amides is 3. The standard InChI is InChI=1S/C24H28N4O3/c1-5-18-8-6-7-9-19(18)25-22(29)15-27(4)24(31)20-12-13-23(30)28(26-20)21-14-16(2)10-11-17(21)3/h6-11,14H,5,12-13,15H2,1-4H3,(H,25,29). The summed E-state index contributed by atoms with van der Waals surface area (Å²) in [5.74, 6) is -0.792. The summed E-state index contributed by atoms with van der Waals surface area (Å²) in [7, 11) is 1.56. The van der Waals surface area contributed by atoms with Crippen LogP contribution < -0.4 is 10.3 Å². The fourth-order valence-corrected chi connectivity index (χ4v) is 3.49. The van der Waals surface area contributed by atoms with Crippen LogP contribution in [-0.4, -0.2) is 41.9 Å². The SMILES string of the molecule is CCc1ccccc1NC(=O)CN(C)C(=O)C1=NN(c2cc(C)ccc2C)C(=O)CC1. The quantitative estimate of drug-likeness (QED) is 0.777. The number of aryl methyl sites for hydroxylation is 3. The van der Waals surface area contributed by atoms with Gasteiger partial charge in [0.25, 0.3) is 5.91 Å². The maximum absolute atomic E-state index is 12.9. The number of likely N-dealkylation sites (N-methyl/N-ethyl adjacent to an activating group) is 1. The van der Waals surface area contributed by atoms with Gasteiger partial charge in [-0.05, 0) is 49.1 Å². The van der Waals surface area contributed by atoms with Crippen molar-refractivity contribution in [1.29, 1.82) is 0 Å². The van der Waals surface area contributed by atoms with Gasteiger partial charge in [0.1, 0.15) is 5.71 Å². The summed E-state index contributed by atoms with van der Waals surface area (Å²) in [6, 6.07) is 13.4. The Kier molecular flexibility index (Phi) is 6.84. The zero-order valence-electron chi connectivity index (χ0n) is 18.4. The van der Waals surface area contributed by atoms with Crippen LogP contribution in [0.3, 0.4) is 0 Å². The van der Waals surface area contributed by atoms with Crippen LogP contribution in [0.4, 0.5) is 11.4 Å². The molecule has 0 aliphatic carbocycles. The molecule has 7 heteroatoms. The normalized spacial score (nSPS) is 13.6. The molecule has 0 spiro atoms. The highest BCUT2D eigenvalue weighted by atomic mass is 16.2. The first-order valence-electron chi connectivity index (χ1n) is 10.4. The number of hydrogen-bond acceptors (Lipinski definition) is 4. The number of carbonyl (C=O) groups excluding carboxylic acids is 3. The van der Waals surface area contributed by atoms with Crippen molar-refractivity contribution in [2.45, 2.75) is 40.0 Å². The molecule has 0 saturated carbocycles. The zero-order chi connectivity index (χ0) is 22.5. The molecule has 3 amide bonds. The van der Waals surface area contributed by atoms with E-state index >= 15 is 0 Å². The number of hydrazone groups is 1. The second-order valence-corrected chi connectivity index (χ2v) is 7.76. The van der Waals surface area contributed by atoms with Gasteiger partial charge in [0.2, 0.25) is 11.8 Å². The van der Waals surface area contributed by atoms with Gasteiger partial charge in [0.05, 0.1) is 12.2 Å². The topological polar surface area (TPSA) is 82.1 Å². The number of benzene rings is 2. The van der Waals surface area contributed by atoms with Crippen LogP contribution in [0, 0.1) is 13.8 Å². The molecular weight excluding hydrogens is 392 g/mol. The third kappa shape index (κ3) is 5.17. The van der Waals surface area contributed by atoms with Crippen molar-refractivity contribution in [1.82, 2.24) is 4.90 Å². The van der Waals surface area contributed by atoms with Crippen LogP contribution in [0.15, 0.2) is 47.6 Å². The van der Waals surface area contributed by atoms with Gasteiger partial charge in [-0.25, -0.2) is 5.01 Å². The van der Waals surface area contributed by atoms with E-state index in [0.29, 0.717) is 5.69 Å². The van der Waals surface area contributed by atoms with Gasteiger partial charge in [-0.15, -0.1) is 0 Å². The zero-order valence-corrected chi connectivity index (χ0v) is 18.4. The Morgan fingerprint density at radius 2 is 1.87 bits per heavy atom. The average molecular weight is 421 g/mol. The van der Waals surface area contributed by atoms with Crippen LogP contribution >= 0.6 is 0 Å². The molecule has 2 aromatic rings. The molecule has 0 saturated heterocycles. The van der Waals surface area contributed by atoms with Gasteiger partial charge in [0, 0.05) is 25.6 Å². The van der Waals surface area contributed by atoms with Gasteiger partial charge in [-0.2, -0.15) is 5.10 Å². The number of rotatable bonds is 6. The van der Waals surface area contributed by atoms with Crippen molar-refractivity contribution >= 4 is 34.8 Å². The molecule has 1 aliphatic rings. The molecule has 0 atom stereocenters. The third-order valence-corrected chi connectivity index (χ3v) is 5.27. The average Bonchev–Trinajstić information content (AvgIpc) is 2.75. The number of para-hydroxylation sites is 1. The highest BCUT2D eigenvalue weighted by Gasteiger charge is 2.28. The van der Waals surface area contributed by atoms with Gasteiger partial charge in [-0.3, -0.25) is 14.4 Å². The maximum Gasteiger partial charge on any atom is 0.270 e. The first kappa shape index (κ1) is 22.2. The molecule has 0 bridgehead atoms. The van der Waals surface area contributed by atoms with Crippen molar-refractivity contribution in [3.8, 4) is 0 Å². The number of nitrogens with zero attached hydrogens (tertiary/aromatic N) is 3. The molecule has 1 aliphatic heterocycles. The molecule has 3 rings (SSSR count). The molecule has 2 aromatic carbocycles. The Morgan fingerprint density at radius 3 is 2.61 bits per heavy atom. The largest absolute Gasteiger partial charge is 0.331 e. The van der Waals surface area contributed by atoms with Crippen molar-refractivity contribution in [3.63, 3.8) is 0 Å². The first-order valence-corrected chi connectivity index (χ1v) is 10.4. The summed E-state index contributed by atoms with van der Waals surface area (Å²) in [5.41, 5.74) is 4.62. The number of carbonyl (C=O) groups is 3. The summed E-state index contributed by atoms with van der Waals surface area (Å²) < 4.78 is 0. The second-order valence-electron chi connectivity index (χ2n) is 7.76. The molecule has 0 fully saturated rings. The summed E-state index contributed by atoms with van der Waals surface area (Å²) in [4.78, 5) is 39.2. The minimum Gasteiger partial charge on any atom is -0.331 e. The minimum absolute atomic E-state index is 0.104. The Labute approximate surface area is 182 Å². The van der Waals surface area contributed by atoms with Crippen LogP contribution in [0.1, 0.15) is 36.5 Å². The van der Waals surface area contributed by atoms with E-state index in [0.717, 1.165) is 28.8 Å². The van der Waals surface area contributed by atoms with E-state index in [-0.39, 0.29) is 42.8 Å². The third-order valence-electron chi connectivity index (χ3n) is 5.27. The summed E-state index contributed by atoms with van der Waals surface area (Å²) in [5, 5.41) is 8.53. The smallest absolute Gasteiger partial charge is 0.270 e. The molecule has 0 unspecified atom stereocenters. The molecule has 7 nitrogen and oxygen atoms in total. The Bertz CT molecular complexity index is 1040. The lowest BCUT2D eigenvalue weighted by molar-refractivity contribution is -0.128. The van der Waals surface area contributed by atoms with Gasteiger partial charge >= 0.3 is 0 Å². The lowest BCUT2D eigenvalue weighted by Crippen LogP contribution is -2.42. The summed E-state index contributed by atoms with van der Waals surface area (Å²) in [6.45, 7) is 5.76. The van der Waals surface area contributed by atoms with Crippen LogP contribution in [0.25, 0.3) is 0 Å². The van der Waals surface area contributed by atoms with Gasteiger partial charge in [0.15, 0.2) is 0 Å². The number of anilines is 2. The van der Waals surface area contributed by atoms with Crippen LogP contribution in [0.2, 0.25) is 0 Å². The molecule has 0 radical (unpaired) electrons. The molecule has 162 valence electrons. The fourth-order valence-electron chi connectivity index (χ4n) is 3.49. The van der Waals surface area contributed by atoms with Crippen molar-refractivity contribution in [2.75, 3.05) is 23.9 Å². The Morgan fingerprint density at radius 1 is 1.13 bits per heavy atom. The molecule has 0 aromatic heterocycles. The van der Waals surface area contributed by atoms with Crippen molar-refractivity contribution in [2.24, 2.45) is 5.10 Å². The highest BCUT2D eigenvalue weighted by molar-refractivity contribution is 6.40. The maximum atomic E-state index is 12.9. The molecule has 31 heavy (non-hydrogen) atoms. The summed E-state index contributed by atoms with van der Waals surface area (Å²) in [6.07, 6.45) is 1.25. The van der Waals surface area contributed by atoms with E-state index in [2.05, 4.69) is 10.4 Å². The second kappa shape index (κ2) is 9.55. The minimum atomic E-state index is -0.360. The monoisotopic (exact) mass is 420 g/mol. The van der Waals surface area contributed by atoms with E-state index in [1.165, 1.54) is 9.91 Å². The van der Waals surface area contributed by atoms with E-state index in [4.69, 9.17) is 0 Å². The Hall–Kier alpha value is -3.48. The highest BCUT2D eigenvalue weighted by Crippen LogP contribution is 2.25. The summed E-state index contributed by atoms with van der Waals surface area (Å²) >= 11 is 0. The van der Waals surface area contributed by atoms with Crippen molar-refractivity contribution in [3.05, 3.63) is 59.2 Å². The fraction of sp³-hybridized carbons (Fsp3) is 0.333. The van der Waals surface area contributed by atoms with Crippen molar-refractivity contribution < 1.29 is 14.4 Å². The first-order chi connectivity index (χ1) is 14.8. The van der Waals surface area contributed by atoms with Gasteiger partial charge < -0.3 is 10.2 Å². The van der Waals surface area contributed by atoms with Crippen LogP contribution in [0.5, 0.6) is 0 Å². The van der Waals surface area contributed by atoms with E-state index in [1.54, 1.807) is 7.05 Å². The van der Waals surface area contributed by atoms with E-state index in [9.17, 15) is 14.4 Å². The molecule has 1 N–H and O–H groups in total. The molecule has 1 heterocycles. The predicted octanol–water partition coefficient (Wildman–Crippen LogP) is 3.45. The van der Waals surface area contributed by atoms with Crippen LogP contribution in [-0.2, 0) is 20.8 Å². The van der Waals surface area contributed by atoms with Gasteiger partial charge in [-0.1, -0.05) is 37.3 Å². The number of hydrogen-bond donors (Lipinski definition) is 1. The lowest BCUT2D eigenvalue weighted by atomic mass is 10.1. The number of nitrogens with one attached hydrogen (secondary N) is 1. The Balaban J connectivity index is 1.73. The van der Waals surface area contributed by atoms with E-state index in [1.807, 2.05) is 63.2 Å². The molecular formula is C24H28N4O3.